The summed E-state index contributed by atoms with van der Waals surface area (Å²) in [5.41, 5.74) is 6.23. The quantitative estimate of drug-likeness (QED) is 0.711. The second kappa shape index (κ2) is 6.61. The molecule has 0 aliphatic carbocycles. The van der Waals surface area contributed by atoms with Gasteiger partial charge in [-0.15, -0.1) is 5.73 Å². The molecule has 0 saturated carbocycles. The molecule has 18 heavy (non-hydrogen) atoms. The lowest BCUT2D eigenvalue weighted by Crippen LogP contribution is -1.97. The van der Waals surface area contributed by atoms with E-state index in [-0.39, 0.29) is 0 Å². The molecule has 1 nitrogen and oxygen atoms in total. The van der Waals surface area contributed by atoms with Gasteiger partial charge >= 0.3 is 0 Å². The summed E-state index contributed by atoms with van der Waals surface area (Å²) >= 11 is 0. The van der Waals surface area contributed by atoms with Crippen molar-refractivity contribution in [1.29, 1.82) is 0 Å². The summed E-state index contributed by atoms with van der Waals surface area (Å²) in [6.45, 7) is 4.86. The molecule has 2 aromatic rings. The van der Waals surface area contributed by atoms with E-state index >= 15 is 0 Å². The van der Waals surface area contributed by atoms with Crippen molar-refractivity contribution in [2.45, 2.75) is 6.61 Å². The molecule has 0 bridgehead atoms. The SMILES string of the molecule is C=C=C(COCc1ccccc1)c1ccccc1. The Bertz CT molecular complexity index is 522. The number of benzene rings is 2. The van der Waals surface area contributed by atoms with E-state index in [0.717, 1.165) is 11.1 Å². The Kier molecular flexibility index (Phi) is 4.54. The van der Waals surface area contributed by atoms with Crippen molar-refractivity contribution in [3.63, 3.8) is 0 Å². The molecule has 1 heteroatoms. The van der Waals surface area contributed by atoms with Gasteiger partial charge in [0.2, 0.25) is 0 Å². The van der Waals surface area contributed by atoms with E-state index in [1.54, 1.807) is 0 Å². The monoisotopic (exact) mass is 236 g/mol. The van der Waals surface area contributed by atoms with Crippen molar-refractivity contribution < 1.29 is 4.74 Å². The lowest BCUT2D eigenvalue weighted by molar-refractivity contribution is 0.153. The first kappa shape index (κ1) is 12.4. The fraction of sp³-hybridized carbons (Fsp3) is 0.118. The molecule has 0 N–H and O–H groups in total. The molecule has 0 radical (unpaired) electrons. The van der Waals surface area contributed by atoms with Gasteiger partial charge in [0.1, 0.15) is 0 Å². The zero-order valence-corrected chi connectivity index (χ0v) is 10.3. The summed E-state index contributed by atoms with van der Waals surface area (Å²) < 4.78 is 5.69. The maximum atomic E-state index is 5.69. The summed E-state index contributed by atoms with van der Waals surface area (Å²) in [6.07, 6.45) is 0. The summed E-state index contributed by atoms with van der Waals surface area (Å²) in [6, 6.07) is 20.2. The first-order valence-electron chi connectivity index (χ1n) is 5.96. The lowest BCUT2D eigenvalue weighted by Gasteiger charge is -2.07. The topological polar surface area (TPSA) is 9.23 Å². The van der Waals surface area contributed by atoms with Crippen LogP contribution >= 0.6 is 0 Å². The van der Waals surface area contributed by atoms with Crippen LogP contribution in [0.3, 0.4) is 0 Å². The molecule has 0 amide bonds. The first-order chi connectivity index (χ1) is 8.90. The van der Waals surface area contributed by atoms with Crippen LogP contribution in [0.5, 0.6) is 0 Å². The molecule has 0 unspecified atom stereocenters. The molecular weight excluding hydrogens is 220 g/mol. The highest BCUT2D eigenvalue weighted by atomic mass is 16.5. The maximum Gasteiger partial charge on any atom is 0.0799 e. The zero-order chi connectivity index (χ0) is 12.6. The van der Waals surface area contributed by atoms with Gasteiger partial charge in [0.05, 0.1) is 13.2 Å². The van der Waals surface area contributed by atoms with Crippen LogP contribution in [0, 0.1) is 0 Å². The van der Waals surface area contributed by atoms with Crippen molar-refractivity contribution >= 4 is 5.57 Å². The van der Waals surface area contributed by atoms with Crippen LogP contribution in [0.25, 0.3) is 5.57 Å². The molecule has 0 heterocycles. The van der Waals surface area contributed by atoms with E-state index in [1.165, 1.54) is 5.56 Å². The van der Waals surface area contributed by atoms with Crippen LogP contribution in [-0.4, -0.2) is 6.61 Å². The fourth-order valence-corrected chi connectivity index (χ4v) is 1.72. The Morgan fingerprint density at radius 1 is 0.944 bits per heavy atom. The Balaban J connectivity index is 1.92. The summed E-state index contributed by atoms with van der Waals surface area (Å²) in [5.74, 6) is 0. The highest BCUT2D eigenvalue weighted by molar-refractivity contribution is 5.65. The van der Waals surface area contributed by atoms with Crippen LogP contribution in [-0.2, 0) is 11.3 Å². The van der Waals surface area contributed by atoms with Gasteiger partial charge in [-0.05, 0) is 11.1 Å². The average molecular weight is 236 g/mol. The third-order valence-corrected chi connectivity index (χ3v) is 2.69. The Morgan fingerprint density at radius 2 is 1.56 bits per heavy atom. The fourth-order valence-electron chi connectivity index (χ4n) is 1.72. The van der Waals surface area contributed by atoms with Gasteiger partial charge in [0.15, 0.2) is 0 Å². The highest BCUT2D eigenvalue weighted by Crippen LogP contribution is 2.13. The number of ether oxygens (including phenoxy) is 1. The minimum Gasteiger partial charge on any atom is -0.371 e. The smallest absolute Gasteiger partial charge is 0.0799 e. The summed E-state index contributed by atoms with van der Waals surface area (Å²) in [5, 5.41) is 0. The van der Waals surface area contributed by atoms with E-state index in [4.69, 9.17) is 4.74 Å². The van der Waals surface area contributed by atoms with Gasteiger partial charge in [0.25, 0.3) is 0 Å². The maximum absolute atomic E-state index is 5.69. The molecule has 0 spiro atoms. The van der Waals surface area contributed by atoms with Gasteiger partial charge in [0, 0.05) is 5.57 Å². The molecule has 0 aromatic heterocycles. The lowest BCUT2D eigenvalue weighted by atomic mass is 10.1. The number of rotatable bonds is 5. The van der Waals surface area contributed by atoms with E-state index in [9.17, 15) is 0 Å². The molecule has 2 aromatic carbocycles. The van der Waals surface area contributed by atoms with Gasteiger partial charge in [-0.1, -0.05) is 67.2 Å². The van der Waals surface area contributed by atoms with Gasteiger partial charge in [-0.3, -0.25) is 0 Å². The Labute approximate surface area is 108 Å². The highest BCUT2D eigenvalue weighted by Gasteiger charge is 2.00. The number of hydrogen-bond acceptors (Lipinski definition) is 1. The van der Waals surface area contributed by atoms with Crippen LogP contribution in [0.4, 0.5) is 0 Å². The van der Waals surface area contributed by atoms with Crippen LogP contribution < -0.4 is 0 Å². The van der Waals surface area contributed by atoms with E-state index in [1.807, 2.05) is 48.5 Å². The molecule has 90 valence electrons. The van der Waals surface area contributed by atoms with E-state index in [0.29, 0.717) is 13.2 Å². The molecule has 0 saturated heterocycles. The van der Waals surface area contributed by atoms with E-state index in [2.05, 4.69) is 24.4 Å². The van der Waals surface area contributed by atoms with E-state index < -0.39 is 0 Å². The summed E-state index contributed by atoms with van der Waals surface area (Å²) in [4.78, 5) is 0. The summed E-state index contributed by atoms with van der Waals surface area (Å²) in [7, 11) is 0. The molecule has 0 atom stereocenters. The predicted molar refractivity (Wildman–Crippen MR) is 75.1 cm³/mol. The first-order valence-corrected chi connectivity index (χ1v) is 5.96. The average Bonchev–Trinajstić information content (AvgIpc) is 2.46. The Morgan fingerprint density at radius 3 is 2.17 bits per heavy atom. The van der Waals surface area contributed by atoms with Crippen molar-refractivity contribution in [2.75, 3.05) is 6.61 Å². The minimum atomic E-state index is 0.530. The van der Waals surface area contributed by atoms with Gasteiger partial charge in [-0.25, -0.2) is 0 Å². The normalized spacial score (nSPS) is 9.78. The molecule has 0 fully saturated rings. The Hall–Kier alpha value is -2.08. The van der Waals surface area contributed by atoms with Crippen molar-refractivity contribution in [1.82, 2.24) is 0 Å². The largest absolute Gasteiger partial charge is 0.371 e. The van der Waals surface area contributed by atoms with Crippen molar-refractivity contribution in [2.24, 2.45) is 0 Å². The van der Waals surface area contributed by atoms with Gasteiger partial charge < -0.3 is 4.74 Å². The predicted octanol–water partition coefficient (Wildman–Crippen LogP) is 4.07. The molecule has 0 aliphatic heterocycles. The second-order valence-electron chi connectivity index (χ2n) is 4.00. The van der Waals surface area contributed by atoms with Crippen molar-refractivity contribution in [3.05, 3.63) is 84.1 Å². The van der Waals surface area contributed by atoms with Crippen molar-refractivity contribution in [3.8, 4) is 0 Å². The van der Waals surface area contributed by atoms with Gasteiger partial charge in [-0.2, -0.15) is 0 Å². The minimum absolute atomic E-state index is 0.530. The van der Waals surface area contributed by atoms with Crippen LogP contribution in [0.2, 0.25) is 0 Å². The second-order valence-corrected chi connectivity index (χ2v) is 4.00. The molecular formula is C17H16O. The van der Waals surface area contributed by atoms with Crippen LogP contribution in [0.1, 0.15) is 11.1 Å². The molecule has 2 rings (SSSR count). The standard InChI is InChI=1S/C17H16O/c1-2-16(17-11-7-4-8-12-17)14-18-13-15-9-5-3-6-10-15/h3-12H,1,13-14H2. The zero-order valence-electron chi connectivity index (χ0n) is 10.3. The van der Waals surface area contributed by atoms with Crippen LogP contribution in [0.15, 0.2) is 73.0 Å². The third kappa shape index (κ3) is 3.46. The number of hydrogen-bond donors (Lipinski definition) is 0. The molecule has 0 aliphatic rings. The third-order valence-electron chi connectivity index (χ3n) is 2.69.